The third kappa shape index (κ3) is 2.36. The average molecular weight is 317 g/mol. The zero-order chi connectivity index (χ0) is 16.1. The van der Waals surface area contributed by atoms with Crippen LogP contribution in [0.5, 0.6) is 0 Å². The van der Waals surface area contributed by atoms with Gasteiger partial charge >= 0.3 is 0 Å². The molecule has 0 bridgehead atoms. The Morgan fingerprint density at radius 3 is 2.57 bits per heavy atom. The summed E-state index contributed by atoms with van der Waals surface area (Å²) in [5, 5.41) is 0. The van der Waals surface area contributed by atoms with E-state index in [2.05, 4.69) is 20.4 Å². The van der Waals surface area contributed by atoms with Gasteiger partial charge in [0.2, 0.25) is 0 Å². The van der Waals surface area contributed by atoms with Gasteiger partial charge in [-0.2, -0.15) is 0 Å². The van der Waals surface area contributed by atoms with Gasteiger partial charge < -0.3 is 4.74 Å². The van der Waals surface area contributed by atoms with Crippen molar-refractivity contribution in [3.63, 3.8) is 0 Å². The van der Waals surface area contributed by atoms with Crippen LogP contribution in [-0.4, -0.2) is 12.7 Å². The SMILES string of the molecule is C=CCOC1CC[C@H]2[C@@H]3CCC4CCCC[C@]4(C)[C@H]3CC[C@]12C. The summed E-state index contributed by atoms with van der Waals surface area (Å²) in [5.41, 5.74) is 1.12. The Morgan fingerprint density at radius 1 is 0.913 bits per heavy atom. The van der Waals surface area contributed by atoms with Gasteiger partial charge in [0.25, 0.3) is 0 Å². The van der Waals surface area contributed by atoms with Crippen molar-refractivity contribution >= 4 is 0 Å². The molecule has 7 atom stereocenters. The van der Waals surface area contributed by atoms with Gasteiger partial charge in [-0.25, -0.2) is 0 Å². The number of fused-ring (bicyclic) bond motifs is 5. The highest BCUT2D eigenvalue weighted by molar-refractivity contribution is 5.09. The van der Waals surface area contributed by atoms with Gasteiger partial charge in [-0.05, 0) is 85.9 Å². The second-order valence-corrected chi connectivity index (χ2v) is 9.64. The number of hydrogen-bond acceptors (Lipinski definition) is 1. The van der Waals surface area contributed by atoms with Gasteiger partial charge in [-0.3, -0.25) is 0 Å². The third-order valence-corrected chi connectivity index (χ3v) is 8.91. The van der Waals surface area contributed by atoms with Crippen LogP contribution < -0.4 is 0 Å². The van der Waals surface area contributed by atoms with E-state index in [4.69, 9.17) is 4.74 Å². The minimum atomic E-state index is 0.446. The van der Waals surface area contributed by atoms with E-state index in [1.165, 1.54) is 64.2 Å². The number of ether oxygens (including phenoxy) is 1. The Kier molecular flexibility index (Phi) is 4.15. The van der Waals surface area contributed by atoms with Gasteiger partial charge in [-0.15, -0.1) is 6.58 Å². The van der Waals surface area contributed by atoms with Gasteiger partial charge in [0.05, 0.1) is 12.7 Å². The molecule has 2 unspecified atom stereocenters. The molecule has 4 fully saturated rings. The lowest BCUT2D eigenvalue weighted by molar-refractivity contribution is -0.128. The summed E-state index contributed by atoms with van der Waals surface area (Å²) in [6.07, 6.45) is 17.0. The lowest BCUT2D eigenvalue weighted by Gasteiger charge is -2.60. The summed E-state index contributed by atoms with van der Waals surface area (Å²) in [4.78, 5) is 0. The summed E-state index contributed by atoms with van der Waals surface area (Å²) in [7, 11) is 0. The van der Waals surface area contributed by atoms with E-state index in [-0.39, 0.29) is 0 Å². The van der Waals surface area contributed by atoms with Crippen molar-refractivity contribution in [1.29, 1.82) is 0 Å². The number of rotatable bonds is 3. The molecular formula is C22H36O. The quantitative estimate of drug-likeness (QED) is 0.581. The first-order valence-corrected chi connectivity index (χ1v) is 10.3. The van der Waals surface area contributed by atoms with E-state index >= 15 is 0 Å². The van der Waals surface area contributed by atoms with Crippen molar-refractivity contribution in [2.75, 3.05) is 6.61 Å². The molecule has 4 rings (SSSR count). The molecule has 0 aliphatic heterocycles. The molecule has 23 heavy (non-hydrogen) atoms. The van der Waals surface area contributed by atoms with Crippen LogP contribution in [0.3, 0.4) is 0 Å². The van der Waals surface area contributed by atoms with Crippen LogP contribution >= 0.6 is 0 Å². The van der Waals surface area contributed by atoms with E-state index in [9.17, 15) is 0 Å². The topological polar surface area (TPSA) is 9.23 Å². The maximum absolute atomic E-state index is 6.22. The van der Waals surface area contributed by atoms with Gasteiger partial charge in [0, 0.05) is 0 Å². The highest BCUT2D eigenvalue weighted by Gasteiger charge is 2.59. The van der Waals surface area contributed by atoms with E-state index in [0.29, 0.717) is 16.9 Å². The Bertz CT molecular complexity index is 457. The first kappa shape index (κ1) is 16.2. The van der Waals surface area contributed by atoms with E-state index in [0.717, 1.165) is 30.3 Å². The molecule has 0 aromatic heterocycles. The predicted octanol–water partition coefficient (Wildman–Crippen LogP) is 5.99. The smallest absolute Gasteiger partial charge is 0.0648 e. The zero-order valence-electron chi connectivity index (χ0n) is 15.4. The van der Waals surface area contributed by atoms with Crippen LogP contribution in [0.2, 0.25) is 0 Å². The highest BCUT2D eigenvalue weighted by atomic mass is 16.5. The molecule has 4 aliphatic carbocycles. The van der Waals surface area contributed by atoms with Crippen LogP contribution in [0.1, 0.15) is 78.1 Å². The van der Waals surface area contributed by atoms with E-state index < -0.39 is 0 Å². The summed E-state index contributed by atoms with van der Waals surface area (Å²) in [6, 6.07) is 0. The molecule has 0 N–H and O–H groups in total. The fraction of sp³-hybridized carbons (Fsp3) is 0.909. The summed E-state index contributed by atoms with van der Waals surface area (Å²) in [5.74, 6) is 3.97. The first-order chi connectivity index (χ1) is 11.1. The maximum Gasteiger partial charge on any atom is 0.0648 e. The normalized spacial score (nSPS) is 52.3. The molecular weight excluding hydrogens is 280 g/mol. The minimum absolute atomic E-state index is 0.446. The highest BCUT2D eigenvalue weighted by Crippen LogP contribution is 2.66. The first-order valence-electron chi connectivity index (χ1n) is 10.3. The summed E-state index contributed by atoms with van der Waals surface area (Å²) < 4.78 is 6.22. The lowest BCUT2D eigenvalue weighted by Crippen LogP contribution is -2.53. The molecule has 0 amide bonds. The average Bonchev–Trinajstić information content (AvgIpc) is 2.89. The Hall–Kier alpha value is -0.300. The largest absolute Gasteiger partial charge is 0.374 e. The second kappa shape index (κ2) is 5.90. The third-order valence-electron chi connectivity index (χ3n) is 8.91. The van der Waals surface area contributed by atoms with Crippen molar-refractivity contribution in [2.45, 2.75) is 84.2 Å². The lowest BCUT2D eigenvalue weighted by atomic mass is 9.45. The molecule has 130 valence electrons. The Labute approximate surface area is 143 Å². The molecule has 4 saturated carbocycles. The van der Waals surface area contributed by atoms with Crippen LogP contribution in [0.4, 0.5) is 0 Å². The molecule has 0 spiro atoms. The molecule has 1 heteroatoms. The Morgan fingerprint density at radius 2 is 1.74 bits per heavy atom. The monoisotopic (exact) mass is 316 g/mol. The van der Waals surface area contributed by atoms with Crippen molar-refractivity contribution in [3.05, 3.63) is 12.7 Å². The molecule has 0 aromatic carbocycles. The van der Waals surface area contributed by atoms with Crippen molar-refractivity contribution in [3.8, 4) is 0 Å². The van der Waals surface area contributed by atoms with Gasteiger partial charge in [0.15, 0.2) is 0 Å². The van der Waals surface area contributed by atoms with Gasteiger partial charge in [0.1, 0.15) is 0 Å². The van der Waals surface area contributed by atoms with Crippen LogP contribution in [0.25, 0.3) is 0 Å². The van der Waals surface area contributed by atoms with Crippen molar-refractivity contribution in [1.82, 2.24) is 0 Å². The van der Waals surface area contributed by atoms with Crippen LogP contribution in [0, 0.1) is 34.5 Å². The van der Waals surface area contributed by atoms with Crippen molar-refractivity contribution in [2.24, 2.45) is 34.5 Å². The summed E-state index contributed by atoms with van der Waals surface area (Å²) in [6.45, 7) is 9.82. The predicted molar refractivity (Wildman–Crippen MR) is 96.3 cm³/mol. The molecule has 0 saturated heterocycles. The number of hydrogen-bond donors (Lipinski definition) is 0. The molecule has 0 aromatic rings. The fourth-order valence-corrected chi connectivity index (χ4v) is 7.71. The Balaban J connectivity index is 1.56. The second-order valence-electron chi connectivity index (χ2n) is 9.64. The van der Waals surface area contributed by atoms with Gasteiger partial charge in [-0.1, -0.05) is 32.8 Å². The minimum Gasteiger partial charge on any atom is -0.374 e. The molecule has 0 heterocycles. The van der Waals surface area contributed by atoms with E-state index in [1.807, 2.05) is 6.08 Å². The summed E-state index contributed by atoms with van der Waals surface area (Å²) >= 11 is 0. The molecule has 1 nitrogen and oxygen atoms in total. The van der Waals surface area contributed by atoms with Crippen LogP contribution in [-0.2, 0) is 4.74 Å². The standard InChI is InChI=1S/C22H36O/c1-4-15-23-20-11-10-18-17-9-8-16-7-5-6-13-21(16,2)19(17)12-14-22(18,20)3/h4,16-20H,1,5-15H2,2-3H3/t16?,17-,18-,19-,20?,21-,22-/m0/s1. The molecule has 0 radical (unpaired) electrons. The molecule has 4 aliphatic rings. The fourth-order valence-electron chi connectivity index (χ4n) is 7.71. The van der Waals surface area contributed by atoms with E-state index in [1.54, 1.807) is 0 Å². The zero-order valence-corrected chi connectivity index (χ0v) is 15.4. The van der Waals surface area contributed by atoms with Crippen LogP contribution in [0.15, 0.2) is 12.7 Å². The maximum atomic E-state index is 6.22. The van der Waals surface area contributed by atoms with Crippen molar-refractivity contribution < 1.29 is 4.74 Å².